The molecule has 1 aromatic heterocycles. The molecular weight excluding hydrogens is 322 g/mol. The van der Waals surface area contributed by atoms with E-state index in [1.807, 2.05) is 66.7 Å². The fourth-order valence-electron chi connectivity index (χ4n) is 2.20. The first-order valence-electron chi connectivity index (χ1n) is 8.06. The fraction of sp³-hybridized carbons (Fsp3) is 0.0870. The second-order valence-electron chi connectivity index (χ2n) is 5.37. The number of rotatable bonds is 2. The van der Waals surface area contributed by atoms with Crippen LogP contribution in [0.1, 0.15) is 22.5 Å². The molecule has 0 radical (unpaired) electrons. The van der Waals surface area contributed by atoms with Gasteiger partial charge in [-0.1, -0.05) is 17.9 Å². The summed E-state index contributed by atoms with van der Waals surface area (Å²) in [4.78, 5) is 4.47. The first kappa shape index (κ1) is 17.1. The minimum Gasteiger partial charge on any atom is -0.497 e. The molecule has 0 atom stereocenters. The Morgan fingerprint density at radius 1 is 0.577 bits per heavy atom. The average Bonchev–Trinajstić information content (AvgIpc) is 2.72. The number of hydrogen-bond acceptors (Lipinski definition) is 3. The molecule has 0 fully saturated rings. The van der Waals surface area contributed by atoms with Crippen molar-refractivity contribution in [3.8, 4) is 35.2 Å². The lowest BCUT2D eigenvalue weighted by atomic mass is 10.2. The molecule has 0 aliphatic heterocycles. The Hall–Kier alpha value is -3.69. The van der Waals surface area contributed by atoms with Crippen molar-refractivity contribution in [3.63, 3.8) is 0 Å². The molecule has 2 aromatic carbocycles. The van der Waals surface area contributed by atoms with Gasteiger partial charge in [-0.25, -0.2) is 4.98 Å². The molecule has 0 aliphatic rings. The molecule has 3 rings (SSSR count). The smallest absolute Gasteiger partial charge is 0.118 e. The zero-order chi connectivity index (χ0) is 18.2. The number of aromatic nitrogens is 1. The molecule has 3 aromatic rings. The molecule has 26 heavy (non-hydrogen) atoms. The molecule has 0 aliphatic carbocycles. The topological polar surface area (TPSA) is 31.4 Å². The van der Waals surface area contributed by atoms with Gasteiger partial charge < -0.3 is 9.47 Å². The van der Waals surface area contributed by atoms with Gasteiger partial charge in [-0.3, -0.25) is 0 Å². The van der Waals surface area contributed by atoms with E-state index in [2.05, 4.69) is 28.7 Å². The standard InChI is InChI=1S/C23H17NO2/c1-25-22-14-8-18(9-15-22)6-12-20-4-3-5-21(24-20)13-7-19-10-16-23(26-2)17-11-19/h3-5,8-11,14-17H,1-2H3. The van der Waals surface area contributed by atoms with Gasteiger partial charge in [-0.2, -0.15) is 0 Å². The number of nitrogens with zero attached hydrogens (tertiary/aromatic N) is 1. The van der Waals surface area contributed by atoms with E-state index in [4.69, 9.17) is 9.47 Å². The zero-order valence-electron chi connectivity index (χ0n) is 14.6. The summed E-state index contributed by atoms with van der Waals surface area (Å²) in [5.41, 5.74) is 3.18. The van der Waals surface area contributed by atoms with Crippen molar-refractivity contribution in [1.29, 1.82) is 0 Å². The highest BCUT2D eigenvalue weighted by atomic mass is 16.5. The summed E-state index contributed by atoms with van der Waals surface area (Å²) < 4.78 is 10.3. The van der Waals surface area contributed by atoms with Crippen molar-refractivity contribution < 1.29 is 9.47 Å². The lowest BCUT2D eigenvalue weighted by Crippen LogP contribution is -1.87. The lowest BCUT2D eigenvalue weighted by molar-refractivity contribution is 0.414. The van der Waals surface area contributed by atoms with Crippen LogP contribution in [-0.2, 0) is 0 Å². The van der Waals surface area contributed by atoms with Crippen molar-refractivity contribution in [3.05, 3.63) is 89.2 Å². The van der Waals surface area contributed by atoms with E-state index in [9.17, 15) is 0 Å². The Balaban J connectivity index is 1.76. The van der Waals surface area contributed by atoms with Crippen LogP contribution < -0.4 is 9.47 Å². The Morgan fingerprint density at radius 2 is 1.00 bits per heavy atom. The highest BCUT2D eigenvalue weighted by molar-refractivity contribution is 5.45. The van der Waals surface area contributed by atoms with Crippen LogP contribution in [0.3, 0.4) is 0 Å². The highest BCUT2D eigenvalue weighted by Crippen LogP contribution is 2.11. The first-order valence-corrected chi connectivity index (χ1v) is 8.06. The molecule has 0 unspecified atom stereocenters. The van der Waals surface area contributed by atoms with Crippen LogP contribution in [0.2, 0.25) is 0 Å². The summed E-state index contributed by atoms with van der Waals surface area (Å²) in [5, 5.41) is 0. The van der Waals surface area contributed by atoms with Crippen molar-refractivity contribution in [2.24, 2.45) is 0 Å². The second-order valence-corrected chi connectivity index (χ2v) is 5.37. The molecule has 0 saturated heterocycles. The molecular formula is C23H17NO2. The summed E-state index contributed by atoms with van der Waals surface area (Å²) >= 11 is 0. The van der Waals surface area contributed by atoms with Crippen LogP contribution >= 0.6 is 0 Å². The number of benzene rings is 2. The predicted octanol–water partition coefficient (Wildman–Crippen LogP) is 3.90. The van der Waals surface area contributed by atoms with Crippen molar-refractivity contribution in [2.75, 3.05) is 14.2 Å². The summed E-state index contributed by atoms with van der Waals surface area (Å²) in [6, 6.07) is 20.8. The minimum atomic E-state index is 0.683. The van der Waals surface area contributed by atoms with Gasteiger partial charge in [0.2, 0.25) is 0 Å². The van der Waals surface area contributed by atoms with Crippen LogP contribution in [0.4, 0.5) is 0 Å². The average molecular weight is 339 g/mol. The van der Waals surface area contributed by atoms with Gasteiger partial charge in [0.05, 0.1) is 14.2 Å². The summed E-state index contributed by atoms with van der Waals surface area (Å²) in [6.45, 7) is 0. The molecule has 3 heteroatoms. The largest absolute Gasteiger partial charge is 0.497 e. The number of ether oxygens (including phenoxy) is 2. The maximum atomic E-state index is 5.14. The van der Waals surface area contributed by atoms with E-state index in [0.29, 0.717) is 11.4 Å². The van der Waals surface area contributed by atoms with Gasteiger partial charge in [0.25, 0.3) is 0 Å². The quantitative estimate of drug-likeness (QED) is 0.664. The van der Waals surface area contributed by atoms with Crippen LogP contribution in [0.25, 0.3) is 0 Å². The predicted molar refractivity (Wildman–Crippen MR) is 102 cm³/mol. The molecule has 0 N–H and O–H groups in total. The summed E-state index contributed by atoms with van der Waals surface area (Å²) in [7, 11) is 3.28. The van der Waals surface area contributed by atoms with Gasteiger partial charge in [0.15, 0.2) is 0 Å². The van der Waals surface area contributed by atoms with Gasteiger partial charge in [-0.05, 0) is 72.5 Å². The fourth-order valence-corrected chi connectivity index (χ4v) is 2.20. The molecule has 3 nitrogen and oxygen atoms in total. The van der Waals surface area contributed by atoms with E-state index in [-0.39, 0.29) is 0 Å². The van der Waals surface area contributed by atoms with Crippen LogP contribution in [-0.4, -0.2) is 19.2 Å². The molecule has 0 spiro atoms. The molecule has 0 saturated carbocycles. The summed E-state index contributed by atoms with van der Waals surface area (Å²) in [5.74, 6) is 13.9. The number of pyridine rings is 1. The minimum absolute atomic E-state index is 0.683. The third kappa shape index (κ3) is 4.66. The number of methoxy groups -OCH3 is 2. The SMILES string of the molecule is COc1ccc(C#Cc2cccc(C#Cc3ccc(OC)cc3)n2)cc1. The van der Waals surface area contributed by atoms with Gasteiger partial charge in [-0.15, -0.1) is 0 Å². The maximum Gasteiger partial charge on any atom is 0.118 e. The van der Waals surface area contributed by atoms with Crippen molar-refractivity contribution >= 4 is 0 Å². The van der Waals surface area contributed by atoms with Crippen molar-refractivity contribution in [1.82, 2.24) is 4.98 Å². The molecule has 0 bridgehead atoms. The Morgan fingerprint density at radius 3 is 1.38 bits per heavy atom. The third-order valence-electron chi connectivity index (χ3n) is 3.60. The van der Waals surface area contributed by atoms with Gasteiger partial charge >= 0.3 is 0 Å². The maximum absolute atomic E-state index is 5.14. The summed E-state index contributed by atoms with van der Waals surface area (Å²) in [6.07, 6.45) is 0. The molecule has 1 heterocycles. The van der Waals surface area contributed by atoms with E-state index in [1.54, 1.807) is 14.2 Å². The molecule has 126 valence electrons. The normalized spacial score (nSPS) is 9.31. The van der Waals surface area contributed by atoms with E-state index in [0.717, 1.165) is 22.6 Å². The Bertz CT molecular complexity index is 918. The lowest BCUT2D eigenvalue weighted by Gasteiger charge is -1.98. The first-order chi connectivity index (χ1) is 12.8. The van der Waals surface area contributed by atoms with E-state index < -0.39 is 0 Å². The molecule has 0 amide bonds. The van der Waals surface area contributed by atoms with E-state index >= 15 is 0 Å². The third-order valence-corrected chi connectivity index (χ3v) is 3.60. The highest BCUT2D eigenvalue weighted by Gasteiger charge is 1.94. The number of hydrogen-bond donors (Lipinski definition) is 0. The zero-order valence-corrected chi connectivity index (χ0v) is 14.6. The van der Waals surface area contributed by atoms with E-state index in [1.165, 1.54) is 0 Å². The second kappa shape index (κ2) is 8.42. The van der Waals surface area contributed by atoms with Gasteiger partial charge in [0.1, 0.15) is 22.9 Å². The van der Waals surface area contributed by atoms with Crippen LogP contribution in [0.15, 0.2) is 66.7 Å². The van der Waals surface area contributed by atoms with Gasteiger partial charge in [0, 0.05) is 11.1 Å². The Kier molecular flexibility index (Phi) is 5.55. The van der Waals surface area contributed by atoms with Crippen LogP contribution in [0.5, 0.6) is 11.5 Å². The van der Waals surface area contributed by atoms with Crippen LogP contribution in [0, 0.1) is 23.7 Å². The monoisotopic (exact) mass is 339 g/mol. The Labute approximate surface area is 153 Å². The van der Waals surface area contributed by atoms with Crippen molar-refractivity contribution in [2.45, 2.75) is 0 Å².